The average Bonchev–Trinajstić information content (AvgIpc) is 2.82. The number of nitrogens with two attached hydrogens (primary N) is 1. The van der Waals surface area contributed by atoms with Gasteiger partial charge in [-0.15, -0.1) is 11.3 Å². The molecule has 1 aromatic carbocycles. The van der Waals surface area contributed by atoms with E-state index in [1.807, 2.05) is 13.0 Å². The van der Waals surface area contributed by atoms with E-state index < -0.39 is 0 Å². The Kier molecular flexibility index (Phi) is 2.64. The van der Waals surface area contributed by atoms with Gasteiger partial charge in [0, 0.05) is 10.9 Å². The van der Waals surface area contributed by atoms with Gasteiger partial charge in [0.1, 0.15) is 11.6 Å². The number of imidazole rings is 1. The molecule has 0 radical (unpaired) electrons. The lowest BCUT2D eigenvalue weighted by Crippen LogP contribution is -1.84. The van der Waals surface area contributed by atoms with Gasteiger partial charge in [-0.05, 0) is 35.0 Å². The number of H-pyrrole nitrogens is 1. The van der Waals surface area contributed by atoms with Gasteiger partial charge in [0.15, 0.2) is 0 Å². The molecule has 0 spiro atoms. The SMILES string of the molecule is Cc1cc(-c2nc3cc(Br)c(F)cc3[nH]2)c(N)s1. The highest BCUT2D eigenvalue weighted by molar-refractivity contribution is 9.10. The number of halogens is 2. The predicted molar refractivity (Wildman–Crippen MR) is 76.2 cm³/mol. The summed E-state index contributed by atoms with van der Waals surface area (Å²) in [5.41, 5.74) is 8.17. The highest BCUT2D eigenvalue weighted by atomic mass is 79.9. The molecule has 0 aliphatic heterocycles. The Morgan fingerprint density at radius 3 is 2.83 bits per heavy atom. The van der Waals surface area contributed by atoms with Crippen LogP contribution in [0, 0.1) is 12.7 Å². The first kappa shape index (κ1) is 11.7. The standard InChI is InChI=1S/C12H9BrFN3S/c1-5-2-6(11(15)18-5)12-16-9-3-7(13)8(14)4-10(9)17-12/h2-4H,15H2,1H3,(H,16,17). The zero-order valence-corrected chi connectivity index (χ0v) is 11.8. The second-order valence-corrected chi connectivity index (χ2v) is 6.15. The fourth-order valence-corrected chi connectivity index (χ4v) is 2.97. The van der Waals surface area contributed by atoms with E-state index in [0.717, 1.165) is 10.4 Å². The Morgan fingerprint density at radius 2 is 2.17 bits per heavy atom. The lowest BCUT2D eigenvalue weighted by atomic mass is 10.3. The Labute approximate surface area is 115 Å². The van der Waals surface area contributed by atoms with Crippen LogP contribution in [0.1, 0.15) is 4.88 Å². The summed E-state index contributed by atoms with van der Waals surface area (Å²) in [6, 6.07) is 5.05. The molecule has 2 aromatic heterocycles. The molecule has 0 saturated carbocycles. The maximum atomic E-state index is 13.4. The highest BCUT2D eigenvalue weighted by Crippen LogP contribution is 2.33. The number of aromatic amines is 1. The summed E-state index contributed by atoms with van der Waals surface area (Å²) in [6.07, 6.45) is 0. The largest absolute Gasteiger partial charge is 0.390 e. The molecular weight excluding hydrogens is 317 g/mol. The zero-order valence-electron chi connectivity index (χ0n) is 9.42. The first-order chi connectivity index (χ1) is 8.54. The second-order valence-electron chi connectivity index (χ2n) is 4.00. The van der Waals surface area contributed by atoms with E-state index in [1.165, 1.54) is 17.4 Å². The molecular formula is C12H9BrFN3S. The monoisotopic (exact) mass is 325 g/mol. The average molecular weight is 326 g/mol. The molecule has 0 fully saturated rings. The molecule has 3 rings (SSSR count). The van der Waals surface area contributed by atoms with Crippen LogP contribution >= 0.6 is 27.3 Å². The minimum atomic E-state index is -0.313. The number of aromatic nitrogens is 2. The molecule has 0 bridgehead atoms. The van der Waals surface area contributed by atoms with Crippen molar-refractivity contribution in [3.05, 3.63) is 33.4 Å². The molecule has 3 aromatic rings. The minimum Gasteiger partial charge on any atom is -0.390 e. The van der Waals surface area contributed by atoms with Gasteiger partial charge in [-0.25, -0.2) is 9.37 Å². The summed E-state index contributed by atoms with van der Waals surface area (Å²) in [5.74, 6) is 0.358. The van der Waals surface area contributed by atoms with Gasteiger partial charge in [-0.3, -0.25) is 0 Å². The van der Waals surface area contributed by atoms with Crippen molar-refractivity contribution < 1.29 is 4.39 Å². The maximum Gasteiger partial charge on any atom is 0.141 e. The smallest absolute Gasteiger partial charge is 0.141 e. The number of anilines is 1. The molecule has 0 unspecified atom stereocenters. The molecule has 3 nitrogen and oxygen atoms in total. The predicted octanol–water partition coefficient (Wildman–Crippen LogP) is 4.08. The van der Waals surface area contributed by atoms with Crippen LogP contribution in [-0.4, -0.2) is 9.97 Å². The molecule has 0 aliphatic carbocycles. The number of benzene rings is 1. The molecule has 0 aliphatic rings. The summed E-state index contributed by atoms with van der Waals surface area (Å²) in [5, 5.41) is 0.714. The zero-order chi connectivity index (χ0) is 12.9. The molecule has 2 heterocycles. The Balaban J connectivity index is 2.22. The van der Waals surface area contributed by atoms with Crippen LogP contribution < -0.4 is 5.73 Å². The lowest BCUT2D eigenvalue weighted by molar-refractivity contribution is 0.623. The molecule has 3 N–H and O–H groups in total. The van der Waals surface area contributed by atoms with Crippen LogP contribution in [0.5, 0.6) is 0 Å². The van der Waals surface area contributed by atoms with Crippen molar-refractivity contribution in [3.63, 3.8) is 0 Å². The van der Waals surface area contributed by atoms with Crippen LogP contribution in [-0.2, 0) is 0 Å². The number of nitrogens with one attached hydrogen (secondary N) is 1. The van der Waals surface area contributed by atoms with Crippen molar-refractivity contribution in [2.45, 2.75) is 6.92 Å². The number of hydrogen-bond acceptors (Lipinski definition) is 3. The van der Waals surface area contributed by atoms with Crippen molar-refractivity contribution in [1.29, 1.82) is 0 Å². The third kappa shape index (κ3) is 1.81. The van der Waals surface area contributed by atoms with E-state index in [9.17, 15) is 4.39 Å². The van der Waals surface area contributed by atoms with Crippen LogP contribution in [0.4, 0.5) is 9.39 Å². The van der Waals surface area contributed by atoms with Gasteiger partial charge < -0.3 is 10.7 Å². The molecule has 0 saturated heterocycles. The van der Waals surface area contributed by atoms with Crippen LogP contribution in [0.3, 0.4) is 0 Å². The molecule has 0 atom stereocenters. The van der Waals surface area contributed by atoms with Crippen molar-refractivity contribution >= 4 is 43.3 Å². The first-order valence-corrected chi connectivity index (χ1v) is 6.86. The van der Waals surface area contributed by atoms with Crippen molar-refractivity contribution in [1.82, 2.24) is 9.97 Å². The molecule has 6 heteroatoms. The Bertz CT molecular complexity index is 708. The number of aryl methyl sites for hydroxylation is 1. The lowest BCUT2D eigenvalue weighted by Gasteiger charge is -1.92. The van der Waals surface area contributed by atoms with Gasteiger partial charge >= 0.3 is 0 Å². The summed E-state index contributed by atoms with van der Waals surface area (Å²) in [6.45, 7) is 1.99. The van der Waals surface area contributed by atoms with E-state index in [-0.39, 0.29) is 5.82 Å². The van der Waals surface area contributed by atoms with Crippen LogP contribution in [0.2, 0.25) is 0 Å². The fraction of sp³-hybridized carbons (Fsp3) is 0.0833. The van der Waals surface area contributed by atoms with E-state index in [1.54, 1.807) is 6.07 Å². The fourth-order valence-electron chi connectivity index (χ4n) is 1.85. The minimum absolute atomic E-state index is 0.313. The number of hydrogen-bond donors (Lipinski definition) is 2. The van der Waals surface area contributed by atoms with Crippen molar-refractivity contribution in [2.75, 3.05) is 5.73 Å². The van der Waals surface area contributed by atoms with E-state index in [2.05, 4.69) is 25.9 Å². The molecule has 18 heavy (non-hydrogen) atoms. The summed E-state index contributed by atoms with van der Waals surface area (Å²) in [4.78, 5) is 8.64. The number of thiophene rings is 1. The van der Waals surface area contributed by atoms with E-state index in [0.29, 0.717) is 26.3 Å². The maximum absolute atomic E-state index is 13.4. The summed E-state index contributed by atoms with van der Waals surface area (Å²) in [7, 11) is 0. The quantitative estimate of drug-likeness (QED) is 0.708. The number of nitrogens with zero attached hydrogens (tertiary/aromatic N) is 1. The van der Waals surface area contributed by atoms with Crippen molar-refractivity contribution in [2.24, 2.45) is 0 Å². The van der Waals surface area contributed by atoms with Gasteiger partial charge in [0.05, 0.1) is 26.1 Å². The number of fused-ring (bicyclic) bond motifs is 1. The van der Waals surface area contributed by atoms with E-state index in [4.69, 9.17) is 5.73 Å². The molecule has 0 amide bonds. The van der Waals surface area contributed by atoms with Gasteiger partial charge in [-0.2, -0.15) is 0 Å². The normalized spacial score (nSPS) is 11.3. The van der Waals surface area contributed by atoms with Gasteiger partial charge in [0.25, 0.3) is 0 Å². The number of nitrogen functional groups attached to an aromatic ring is 1. The summed E-state index contributed by atoms with van der Waals surface area (Å²) < 4.78 is 13.8. The van der Waals surface area contributed by atoms with Gasteiger partial charge in [0.2, 0.25) is 0 Å². The second kappa shape index (κ2) is 4.07. The third-order valence-electron chi connectivity index (χ3n) is 2.66. The highest BCUT2D eigenvalue weighted by Gasteiger charge is 2.12. The molecule has 92 valence electrons. The number of rotatable bonds is 1. The Morgan fingerprint density at radius 1 is 1.39 bits per heavy atom. The van der Waals surface area contributed by atoms with Crippen LogP contribution in [0.25, 0.3) is 22.4 Å². The van der Waals surface area contributed by atoms with E-state index >= 15 is 0 Å². The van der Waals surface area contributed by atoms with Gasteiger partial charge in [-0.1, -0.05) is 0 Å². The topological polar surface area (TPSA) is 54.7 Å². The summed E-state index contributed by atoms with van der Waals surface area (Å²) >= 11 is 4.66. The first-order valence-electron chi connectivity index (χ1n) is 5.25. The van der Waals surface area contributed by atoms with Crippen molar-refractivity contribution in [3.8, 4) is 11.4 Å². The third-order valence-corrected chi connectivity index (χ3v) is 4.15. The Hall–Kier alpha value is -1.40. The van der Waals surface area contributed by atoms with Crippen LogP contribution in [0.15, 0.2) is 22.7 Å².